The molecule has 0 atom stereocenters. The monoisotopic (exact) mass is 556 g/mol. The molecule has 0 saturated carbocycles. The van der Waals surface area contributed by atoms with Crippen LogP contribution in [0.3, 0.4) is 0 Å². The lowest BCUT2D eigenvalue weighted by Crippen LogP contribution is -2.36. The number of hydrogen-bond acceptors (Lipinski definition) is 4. The van der Waals surface area contributed by atoms with Gasteiger partial charge in [-0.15, -0.1) is 24.0 Å². The number of nitrogens with one attached hydrogen (secondary N) is 2. The van der Waals surface area contributed by atoms with Crippen LogP contribution in [0.4, 0.5) is 0 Å². The van der Waals surface area contributed by atoms with E-state index >= 15 is 0 Å². The fourth-order valence-electron chi connectivity index (χ4n) is 3.51. The van der Waals surface area contributed by atoms with E-state index in [9.17, 15) is 0 Å². The van der Waals surface area contributed by atoms with Crippen LogP contribution in [0.25, 0.3) is 11.1 Å². The molecule has 4 aromatic rings. The van der Waals surface area contributed by atoms with E-state index in [2.05, 4.69) is 78.7 Å². The van der Waals surface area contributed by atoms with Crippen molar-refractivity contribution in [1.29, 1.82) is 0 Å². The topological polar surface area (TPSA) is 80.3 Å². The van der Waals surface area contributed by atoms with Gasteiger partial charge in [-0.3, -0.25) is 4.99 Å². The largest absolute Gasteiger partial charge is 0.444 e. The molecule has 0 aliphatic heterocycles. The summed E-state index contributed by atoms with van der Waals surface area (Å²) in [5, 5.41) is 6.65. The summed E-state index contributed by atoms with van der Waals surface area (Å²) in [5.74, 6) is 2.19. The van der Waals surface area contributed by atoms with Crippen LogP contribution >= 0.6 is 24.0 Å². The molecule has 2 heterocycles. The first-order valence-corrected chi connectivity index (χ1v) is 10.6. The number of benzene rings is 2. The van der Waals surface area contributed by atoms with E-state index in [1.807, 2.05) is 26.4 Å². The highest BCUT2D eigenvalue weighted by molar-refractivity contribution is 14.0. The summed E-state index contributed by atoms with van der Waals surface area (Å²) in [5.41, 5.74) is 5.73. The molecule has 0 saturated heterocycles. The van der Waals surface area contributed by atoms with Gasteiger partial charge in [-0.25, -0.2) is 9.97 Å². The van der Waals surface area contributed by atoms with Crippen molar-refractivity contribution < 1.29 is 4.42 Å². The van der Waals surface area contributed by atoms with Crippen LogP contribution in [0.5, 0.6) is 0 Å². The maximum Gasteiger partial charge on any atom is 0.214 e. The van der Waals surface area contributed by atoms with Crippen LogP contribution in [0, 0.1) is 13.8 Å². The minimum Gasteiger partial charge on any atom is -0.444 e. The number of imidazole rings is 1. The predicted octanol–water partition coefficient (Wildman–Crippen LogP) is 4.69. The molecule has 0 unspecified atom stereocenters. The van der Waals surface area contributed by atoms with Gasteiger partial charge in [0, 0.05) is 32.5 Å². The Labute approximate surface area is 211 Å². The molecule has 7 nitrogen and oxygen atoms in total. The van der Waals surface area contributed by atoms with Crippen molar-refractivity contribution in [2.24, 2.45) is 4.99 Å². The molecule has 0 aliphatic carbocycles. The average Bonchev–Trinajstić information content (AvgIpc) is 3.44. The van der Waals surface area contributed by atoms with Crippen LogP contribution in [0.15, 0.2) is 76.7 Å². The molecule has 8 heteroatoms. The Hall–Kier alpha value is -3.14. The maximum atomic E-state index is 5.63. The van der Waals surface area contributed by atoms with Gasteiger partial charge in [0.15, 0.2) is 5.96 Å². The molecule has 2 aromatic carbocycles. The molecular formula is C25H29IN6O. The van der Waals surface area contributed by atoms with Crippen molar-refractivity contribution in [2.45, 2.75) is 33.5 Å². The summed E-state index contributed by atoms with van der Waals surface area (Å²) >= 11 is 0. The van der Waals surface area contributed by atoms with Crippen LogP contribution in [0.2, 0.25) is 0 Å². The molecule has 0 bridgehead atoms. The zero-order valence-corrected chi connectivity index (χ0v) is 21.4. The lowest BCUT2D eigenvalue weighted by Gasteiger charge is -2.14. The molecule has 0 aliphatic rings. The zero-order chi connectivity index (χ0) is 22.3. The SMILES string of the molecule is CN=C(NCc1nc(C)c(C)o1)NCc1ccccc1-c1ccc(Cn2ccnc2)cc1.I. The Morgan fingerprint density at radius 3 is 2.45 bits per heavy atom. The molecule has 0 radical (unpaired) electrons. The quantitative estimate of drug-likeness (QED) is 0.196. The standard InChI is InChI=1S/C25H28N6O.HI/c1-18-19(2)32-24(30-18)15-29-25(26-3)28-14-22-6-4-5-7-23(22)21-10-8-20(9-11-21)16-31-13-12-27-17-31;/h4-13,17H,14-16H2,1-3H3,(H2,26,28,29);1H. The highest BCUT2D eigenvalue weighted by Crippen LogP contribution is 2.24. The number of aliphatic imine (C=N–C) groups is 1. The van der Waals surface area contributed by atoms with Gasteiger partial charge in [0.2, 0.25) is 5.89 Å². The van der Waals surface area contributed by atoms with Gasteiger partial charge in [-0.05, 0) is 36.1 Å². The fraction of sp³-hybridized carbons (Fsp3) is 0.240. The molecule has 33 heavy (non-hydrogen) atoms. The van der Waals surface area contributed by atoms with Crippen LogP contribution < -0.4 is 10.6 Å². The van der Waals surface area contributed by atoms with Gasteiger partial charge >= 0.3 is 0 Å². The molecular weight excluding hydrogens is 527 g/mol. The summed E-state index contributed by atoms with van der Waals surface area (Å²) in [6, 6.07) is 17.1. The van der Waals surface area contributed by atoms with E-state index < -0.39 is 0 Å². The second-order valence-electron chi connectivity index (χ2n) is 7.62. The van der Waals surface area contributed by atoms with Crippen molar-refractivity contribution in [1.82, 2.24) is 25.2 Å². The number of nitrogens with zero attached hydrogens (tertiary/aromatic N) is 4. The summed E-state index contributed by atoms with van der Waals surface area (Å²) in [7, 11) is 1.76. The third-order valence-corrected chi connectivity index (χ3v) is 5.36. The maximum absolute atomic E-state index is 5.63. The normalized spacial score (nSPS) is 11.2. The highest BCUT2D eigenvalue weighted by Gasteiger charge is 2.09. The Kier molecular flexibility index (Phi) is 8.65. The van der Waals surface area contributed by atoms with E-state index in [1.54, 1.807) is 13.2 Å². The van der Waals surface area contributed by atoms with E-state index in [0.29, 0.717) is 24.9 Å². The average molecular weight is 556 g/mol. The van der Waals surface area contributed by atoms with E-state index in [0.717, 1.165) is 18.0 Å². The van der Waals surface area contributed by atoms with Gasteiger partial charge < -0.3 is 19.6 Å². The molecule has 2 aromatic heterocycles. The highest BCUT2D eigenvalue weighted by atomic mass is 127. The Morgan fingerprint density at radius 1 is 1.03 bits per heavy atom. The summed E-state index contributed by atoms with van der Waals surface area (Å²) in [6.45, 7) is 5.80. The van der Waals surface area contributed by atoms with Crippen molar-refractivity contribution in [3.05, 3.63) is 95.7 Å². The molecule has 2 N–H and O–H groups in total. The van der Waals surface area contributed by atoms with Gasteiger partial charge in [0.1, 0.15) is 5.76 Å². The first kappa shape index (κ1) is 24.5. The third-order valence-electron chi connectivity index (χ3n) is 5.36. The van der Waals surface area contributed by atoms with Gasteiger partial charge in [-0.2, -0.15) is 0 Å². The van der Waals surface area contributed by atoms with E-state index in [1.165, 1.54) is 22.3 Å². The summed E-state index contributed by atoms with van der Waals surface area (Å²) in [4.78, 5) is 12.8. The Bertz CT molecular complexity index is 1160. The minimum atomic E-state index is 0. The molecule has 0 fully saturated rings. The Balaban J connectivity index is 0.00000306. The molecule has 4 rings (SSSR count). The van der Waals surface area contributed by atoms with Crippen molar-refractivity contribution >= 4 is 29.9 Å². The van der Waals surface area contributed by atoms with Gasteiger partial charge in [0.25, 0.3) is 0 Å². The number of guanidine groups is 1. The second kappa shape index (κ2) is 11.6. The number of rotatable bonds is 7. The number of hydrogen-bond donors (Lipinski definition) is 2. The minimum absolute atomic E-state index is 0. The zero-order valence-electron chi connectivity index (χ0n) is 19.1. The lowest BCUT2D eigenvalue weighted by atomic mass is 9.98. The van der Waals surface area contributed by atoms with Crippen molar-refractivity contribution in [3.63, 3.8) is 0 Å². The molecule has 0 amide bonds. The molecule has 0 spiro atoms. The number of halogens is 1. The smallest absolute Gasteiger partial charge is 0.214 e. The number of aryl methyl sites for hydroxylation is 2. The fourth-order valence-corrected chi connectivity index (χ4v) is 3.51. The Morgan fingerprint density at radius 2 is 1.79 bits per heavy atom. The molecule has 172 valence electrons. The van der Waals surface area contributed by atoms with Crippen LogP contribution in [-0.2, 0) is 19.6 Å². The number of aromatic nitrogens is 3. The van der Waals surface area contributed by atoms with Gasteiger partial charge in [-0.1, -0.05) is 48.5 Å². The van der Waals surface area contributed by atoms with Crippen molar-refractivity contribution in [2.75, 3.05) is 7.05 Å². The second-order valence-corrected chi connectivity index (χ2v) is 7.62. The first-order chi connectivity index (χ1) is 15.6. The predicted molar refractivity (Wildman–Crippen MR) is 142 cm³/mol. The third kappa shape index (κ3) is 6.44. The van der Waals surface area contributed by atoms with E-state index in [-0.39, 0.29) is 24.0 Å². The summed E-state index contributed by atoms with van der Waals surface area (Å²) in [6.07, 6.45) is 5.60. The van der Waals surface area contributed by atoms with Crippen LogP contribution in [0.1, 0.15) is 28.5 Å². The first-order valence-electron chi connectivity index (χ1n) is 10.6. The van der Waals surface area contributed by atoms with Crippen molar-refractivity contribution in [3.8, 4) is 11.1 Å². The van der Waals surface area contributed by atoms with E-state index in [4.69, 9.17) is 4.42 Å². The number of oxazole rings is 1. The van der Waals surface area contributed by atoms with Gasteiger partial charge in [0.05, 0.1) is 18.6 Å². The lowest BCUT2D eigenvalue weighted by molar-refractivity contribution is 0.463. The summed E-state index contributed by atoms with van der Waals surface area (Å²) < 4.78 is 7.69. The van der Waals surface area contributed by atoms with Crippen LogP contribution in [-0.4, -0.2) is 27.5 Å².